The maximum Gasteiger partial charge on any atom is 0.273 e. The van der Waals surface area contributed by atoms with E-state index in [1.54, 1.807) is 6.20 Å². The number of hydrogen-bond donors (Lipinski definition) is 2. The van der Waals surface area contributed by atoms with Crippen molar-refractivity contribution in [1.82, 2.24) is 30.5 Å². The van der Waals surface area contributed by atoms with Gasteiger partial charge < -0.3 is 10.6 Å². The Kier molecular flexibility index (Phi) is 6.16. The Morgan fingerprint density at radius 1 is 1.26 bits per heavy atom. The third-order valence-corrected chi connectivity index (χ3v) is 6.50. The molecule has 1 amide bonds. The predicted molar refractivity (Wildman–Crippen MR) is 106 cm³/mol. The highest BCUT2D eigenvalue weighted by Crippen LogP contribution is 2.20. The maximum absolute atomic E-state index is 12.4. The van der Waals surface area contributed by atoms with Crippen LogP contribution in [0.5, 0.6) is 0 Å². The molecule has 0 radical (unpaired) electrons. The van der Waals surface area contributed by atoms with Crippen molar-refractivity contribution < 1.29 is 4.79 Å². The summed E-state index contributed by atoms with van der Waals surface area (Å²) in [6.07, 6.45) is 6.14. The molecule has 27 heavy (non-hydrogen) atoms. The summed E-state index contributed by atoms with van der Waals surface area (Å²) in [4.78, 5) is 16.3. The van der Waals surface area contributed by atoms with Crippen LogP contribution in [0.1, 0.15) is 47.1 Å². The molecule has 146 valence electrons. The molecule has 8 heteroatoms. The molecule has 2 aromatic heterocycles. The van der Waals surface area contributed by atoms with Gasteiger partial charge in [-0.3, -0.25) is 9.69 Å². The van der Waals surface area contributed by atoms with E-state index in [0.717, 1.165) is 65.0 Å². The van der Waals surface area contributed by atoms with Crippen LogP contribution in [0.2, 0.25) is 0 Å². The second kappa shape index (κ2) is 8.95. The molecule has 2 aliphatic rings. The maximum atomic E-state index is 12.4. The second-order valence-electron chi connectivity index (χ2n) is 7.57. The fourth-order valence-corrected chi connectivity index (χ4v) is 4.68. The Bertz CT molecular complexity index is 716. The van der Waals surface area contributed by atoms with Gasteiger partial charge in [0, 0.05) is 18.0 Å². The van der Waals surface area contributed by atoms with Gasteiger partial charge in [-0.05, 0) is 69.2 Å². The standard InChI is InChI=1S/C19H28N6OS/c26-19(18-14-25(23-22-18)16-3-7-20-8-4-16)21-12-15-5-9-24(10-6-15)13-17-2-1-11-27-17/h1-2,11,14-16,20H,3-10,12-13H2,(H,21,26). The number of likely N-dealkylation sites (tertiary alicyclic amines) is 1. The molecule has 4 rings (SSSR count). The smallest absolute Gasteiger partial charge is 0.273 e. The SMILES string of the molecule is O=C(NCC1CCN(Cc2cccs2)CC1)c1cn(C2CCNCC2)nn1. The topological polar surface area (TPSA) is 75.1 Å². The summed E-state index contributed by atoms with van der Waals surface area (Å²) < 4.78 is 1.86. The number of nitrogens with zero attached hydrogens (tertiary/aromatic N) is 4. The van der Waals surface area contributed by atoms with Gasteiger partial charge >= 0.3 is 0 Å². The molecular weight excluding hydrogens is 360 g/mol. The summed E-state index contributed by atoms with van der Waals surface area (Å²) in [6.45, 7) is 5.98. The van der Waals surface area contributed by atoms with Crippen molar-refractivity contribution in [3.63, 3.8) is 0 Å². The van der Waals surface area contributed by atoms with Crippen molar-refractivity contribution >= 4 is 17.2 Å². The zero-order chi connectivity index (χ0) is 18.5. The quantitative estimate of drug-likeness (QED) is 0.791. The molecule has 2 saturated heterocycles. The molecule has 0 spiro atoms. The molecule has 0 atom stereocenters. The van der Waals surface area contributed by atoms with E-state index in [9.17, 15) is 4.79 Å². The number of aromatic nitrogens is 3. The molecule has 0 unspecified atom stereocenters. The molecule has 4 heterocycles. The average Bonchev–Trinajstić information content (AvgIpc) is 3.40. The lowest BCUT2D eigenvalue weighted by Crippen LogP contribution is -2.38. The number of thiophene rings is 1. The zero-order valence-corrected chi connectivity index (χ0v) is 16.5. The fourth-order valence-electron chi connectivity index (χ4n) is 3.93. The Labute approximate surface area is 164 Å². The van der Waals surface area contributed by atoms with Gasteiger partial charge in [-0.25, -0.2) is 4.68 Å². The number of nitrogens with one attached hydrogen (secondary N) is 2. The van der Waals surface area contributed by atoms with Crippen molar-refractivity contribution in [3.05, 3.63) is 34.3 Å². The third kappa shape index (κ3) is 4.94. The Morgan fingerprint density at radius 3 is 2.81 bits per heavy atom. The average molecular weight is 389 g/mol. The van der Waals surface area contributed by atoms with E-state index in [0.29, 0.717) is 17.7 Å². The Balaban J connectivity index is 1.20. The van der Waals surface area contributed by atoms with Crippen molar-refractivity contribution in [2.45, 2.75) is 38.3 Å². The summed E-state index contributed by atoms with van der Waals surface area (Å²) in [5.74, 6) is 0.448. The lowest BCUT2D eigenvalue weighted by molar-refractivity contribution is 0.0930. The van der Waals surface area contributed by atoms with Gasteiger partial charge in [0.1, 0.15) is 0 Å². The molecule has 0 saturated carbocycles. The molecule has 0 aromatic carbocycles. The molecule has 2 N–H and O–H groups in total. The van der Waals surface area contributed by atoms with Gasteiger partial charge in [-0.1, -0.05) is 11.3 Å². The van der Waals surface area contributed by atoms with Gasteiger partial charge in [0.05, 0.1) is 12.2 Å². The van der Waals surface area contributed by atoms with Crippen LogP contribution in [0.3, 0.4) is 0 Å². The van der Waals surface area contributed by atoms with Crippen molar-refractivity contribution in [2.75, 3.05) is 32.7 Å². The van der Waals surface area contributed by atoms with Gasteiger partial charge in [-0.2, -0.15) is 0 Å². The van der Waals surface area contributed by atoms with Crippen LogP contribution >= 0.6 is 11.3 Å². The predicted octanol–water partition coefficient (Wildman–Crippen LogP) is 1.91. The highest BCUT2D eigenvalue weighted by atomic mass is 32.1. The summed E-state index contributed by atoms with van der Waals surface area (Å²) in [5, 5.41) is 16.8. The first kappa shape index (κ1) is 18.6. The van der Waals surface area contributed by atoms with E-state index in [-0.39, 0.29) is 5.91 Å². The van der Waals surface area contributed by atoms with Gasteiger partial charge in [-0.15, -0.1) is 16.4 Å². The minimum Gasteiger partial charge on any atom is -0.350 e. The van der Waals surface area contributed by atoms with Crippen molar-refractivity contribution in [1.29, 1.82) is 0 Å². The number of hydrogen-bond acceptors (Lipinski definition) is 6. The fraction of sp³-hybridized carbons (Fsp3) is 0.632. The monoisotopic (exact) mass is 388 g/mol. The summed E-state index contributed by atoms with van der Waals surface area (Å²) >= 11 is 1.82. The van der Waals surface area contributed by atoms with E-state index < -0.39 is 0 Å². The summed E-state index contributed by atoms with van der Waals surface area (Å²) in [7, 11) is 0. The molecule has 2 fully saturated rings. The minimum absolute atomic E-state index is 0.101. The van der Waals surface area contributed by atoms with E-state index in [1.165, 1.54) is 4.88 Å². The largest absolute Gasteiger partial charge is 0.350 e. The second-order valence-corrected chi connectivity index (χ2v) is 8.61. The van der Waals surface area contributed by atoms with Crippen LogP contribution in [-0.4, -0.2) is 58.5 Å². The van der Waals surface area contributed by atoms with Gasteiger partial charge in [0.2, 0.25) is 0 Å². The van der Waals surface area contributed by atoms with Crippen LogP contribution in [0, 0.1) is 5.92 Å². The first-order chi connectivity index (χ1) is 13.3. The number of piperidine rings is 2. The van der Waals surface area contributed by atoms with Crippen LogP contribution in [0.25, 0.3) is 0 Å². The molecule has 2 aliphatic heterocycles. The van der Waals surface area contributed by atoms with Crippen LogP contribution in [0.15, 0.2) is 23.7 Å². The van der Waals surface area contributed by atoms with Crippen molar-refractivity contribution in [2.24, 2.45) is 5.92 Å². The third-order valence-electron chi connectivity index (χ3n) is 5.64. The molecule has 0 bridgehead atoms. The lowest BCUT2D eigenvalue weighted by Gasteiger charge is -2.31. The highest BCUT2D eigenvalue weighted by molar-refractivity contribution is 7.09. The van der Waals surface area contributed by atoms with Gasteiger partial charge in [0.25, 0.3) is 5.91 Å². The summed E-state index contributed by atoms with van der Waals surface area (Å²) in [6, 6.07) is 4.67. The van der Waals surface area contributed by atoms with Crippen LogP contribution < -0.4 is 10.6 Å². The van der Waals surface area contributed by atoms with Crippen LogP contribution in [-0.2, 0) is 6.54 Å². The molecule has 0 aliphatic carbocycles. The number of carbonyl (C=O) groups is 1. The van der Waals surface area contributed by atoms with Crippen molar-refractivity contribution in [3.8, 4) is 0 Å². The Morgan fingerprint density at radius 2 is 2.07 bits per heavy atom. The number of carbonyl (C=O) groups excluding carboxylic acids is 1. The Hall–Kier alpha value is -1.77. The zero-order valence-electron chi connectivity index (χ0n) is 15.6. The molecule has 7 nitrogen and oxygen atoms in total. The van der Waals surface area contributed by atoms with E-state index >= 15 is 0 Å². The molecule has 2 aromatic rings. The first-order valence-electron chi connectivity index (χ1n) is 9.93. The number of amides is 1. The first-order valence-corrected chi connectivity index (χ1v) is 10.8. The van der Waals surface area contributed by atoms with E-state index in [1.807, 2.05) is 16.0 Å². The van der Waals surface area contributed by atoms with Gasteiger partial charge in [0.15, 0.2) is 5.69 Å². The normalized spacial score (nSPS) is 20.0. The van der Waals surface area contributed by atoms with E-state index in [4.69, 9.17) is 0 Å². The van der Waals surface area contributed by atoms with E-state index in [2.05, 4.69) is 43.4 Å². The number of rotatable bonds is 6. The highest BCUT2D eigenvalue weighted by Gasteiger charge is 2.22. The minimum atomic E-state index is -0.101. The van der Waals surface area contributed by atoms with Crippen LogP contribution in [0.4, 0.5) is 0 Å². The lowest BCUT2D eigenvalue weighted by atomic mass is 9.96. The summed E-state index contributed by atoms with van der Waals surface area (Å²) in [5.41, 5.74) is 0.434. The molecular formula is C19H28N6OS.